The normalized spacial score (nSPS) is 12.0. The molecular weight excluding hydrogens is 281 g/mol. The van der Waals surface area contributed by atoms with Crippen molar-refractivity contribution in [3.63, 3.8) is 0 Å². The lowest BCUT2D eigenvalue weighted by Crippen LogP contribution is -2.06. The third kappa shape index (κ3) is 2.47. The molecule has 0 saturated heterocycles. The smallest absolute Gasteiger partial charge is 0.325 e. The third-order valence-electron chi connectivity index (χ3n) is 3.11. The van der Waals surface area contributed by atoms with Gasteiger partial charge in [0.2, 0.25) is 0 Å². The predicted molar refractivity (Wildman–Crippen MR) is 71.8 cm³/mol. The van der Waals surface area contributed by atoms with Crippen LogP contribution >= 0.6 is 0 Å². The topological polar surface area (TPSA) is 56.7 Å². The summed E-state index contributed by atoms with van der Waals surface area (Å²) in [5.74, 6) is 0.337. The van der Waals surface area contributed by atoms with Crippen molar-refractivity contribution in [1.29, 1.82) is 0 Å². The fraction of sp³-hybridized carbons (Fsp3) is 0.143. The number of halogens is 3. The first kappa shape index (κ1) is 13.6. The maximum Gasteiger partial charge on any atom is 0.419 e. The first-order valence-electron chi connectivity index (χ1n) is 6.20. The van der Waals surface area contributed by atoms with Gasteiger partial charge in [-0.15, -0.1) is 0 Å². The Morgan fingerprint density at radius 3 is 2.62 bits per heavy atom. The molecule has 0 unspecified atom stereocenters. The molecule has 0 fully saturated rings. The van der Waals surface area contributed by atoms with E-state index in [0.717, 1.165) is 22.5 Å². The van der Waals surface area contributed by atoms with Gasteiger partial charge in [-0.2, -0.15) is 18.3 Å². The van der Waals surface area contributed by atoms with Crippen molar-refractivity contribution < 1.29 is 13.2 Å². The van der Waals surface area contributed by atoms with E-state index < -0.39 is 11.7 Å². The van der Waals surface area contributed by atoms with Crippen LogP contribution < -0.4 is 5.73 Å². The lowest BCUT2D eigenvalue weighted by Gasteiger charge is -2.08. The molecule has 7 heteroatoms. The molecule has 0 aliphatic heterocycles. The Balaban J connectivity index is 2.21. The zero-order valence-electron chi connectivity index (χ0n) is 10.8. The molecule has 3 rings (SSSR count). The van der Waals surface area contributed by atoms with Crippen molar-refractivity contribution in [2.45, 2.75) is 12.7 Å². The SMILES string of the molecule is NCc1cc2ccccc2c(-n2cc(C(F)(F)F)cn2)n1. The van der Waals surface area contributed by atoms with Crippen LogP contribution in [0.25, 0.3) is 16.6 Å². The molecular formula is C14H11F3N4. The fourth-order valence-electron chi connectivity index (χ4n) is 2.10. The van der Waals surface area contributed by atoms with Crippen molar-refractivity contribution >= 4 is 10.8 Å². The number of alkyl halides is 3. The number of fused-ring (bicyclic) bond motifs is 1. The summed E-state index contributed by atoms with van der Waals surface area (Å²) in [5.41, 5.74) is 5.37. The van der Waals surface area contributed by atoms with Gasteiger partial charge in [0.1, 0.15) is 0 Å². The van der Waals surface area contributed by atoms with E-state index >= 15 is 0 Å². The molecule has 0 aliphatic carbocycles. The summed E-state index contributed by atoms with van der Waals surface area (Å²) in [4.78, 5) is 4.29. The Hall–Kier alpha value is -2.41. The molecule has 4 nitrogen and oxygen atoms in total. The quantitative estimate of drug-likeness (QED) is 0.790. The summed E-state index contributed by atoms with van der Waals surface area (Å²) in [7, 11) is 0. The van der Waals surface area contributed by atoms with Crippen LogP contribution in [-0.4, -0.2) is 14.8 Å². The number of pyridine rings is 1. The third-order valence-corrected chi connectivity index (χ3v) is 3.11. The molecule has 0 radical (unpaired) electrons. The van der Waals surface area contributed by atoms with Crippen LogP contribution in [0.2, 0.25) is 0 Å². The predicted octanol–water partition coefficient (Wildman–Crippen LogP) is 2.90. The number of nitrogens with zero attached hydrogens (tertiary/aromatic N) is 3. The zero-order chi connectivity index (χ0) is 15.0. The number of nitrogens with two attached hydrogens (primary N) is 1. The van der Waals surface area contributed by atoms with E-state index in [0.29, 0.717) is 16.9 Å². The van der Waals surface area contributed by atoms with Gasteiger partial charge in [0.05, 0.1) is 17.5 Å². The average Bonchev–Trinajstić information content (AvgIpc) is 2.95. The minimum Gasteiger partial charge on any atom is -0.325 e. The Morgan fingerprint density at radius 2 is 1.95 bits per heavy atom. The van der Waals surface area contributed by atoms with Gasteiger partial charge < -0.3 is 5.73 Å². The Labute approximate surface area is 118 Å². The number of benzene rings is 1. The largest absolute Gasteiger partial charge is 0.419 e. The fourth-order valence-corrected chi connectivity index (χ4v) is 2.10. The van der Waals surface area contributed by atoms with Crippen LogP contribution in [0.4, 0.5) is 13.2 Å². The van der Waals surface area contributed by atoms with Gasteiger partial charge in [-0.05, 0) is 11.5 Å². The maximum absolute atomic E-state index is 12.7. The maximum atomic E-state index is 12.7. The van der Waals surface area contributed by atoms with E-state index in [1.165, 1.54) is 0 Å². The van der Waals surface area contributed by atoms with E-state index in [2.05, 4.69) is 10.1 Å². The summed E-state index contributed by atoms with van der Waals surface area (Å²) in [6.45, 7) is 0.200. The number of hydrogen-bond donors (Lipinski definition) is 1. The van der Waals surface area contributed by atoms with Crippen LogP contribution in [0, 0.1) is 0 Å². The molecule has 0 saturated carbocycles. The summed E-state index contributed by atoms with van der Waals surface area (Å²) in [6.07, 6.45) is -2.72. The molecule has 3 aromatic rings. The van der Waals surface area contributed by atoms with E-state index in [1.54, 1.807) is 12.1 Å². The lowest BCUT2D eigenvalue weighted by atomic mass is 10.1. The van der Waals surface area contributed by atoms with Crippen LogP contribution in [-0.2, 0) is 12.7 Å². The highest BCUT2D eigenvalue weighted by atomic mass is 19.4. The molecule has 0 aliphatic rings. The van der Waals surface area contributed by atoms with Gasteiger partial charge in [-0.3, -0.25) is 0 Å². The first-order valence-corrected chi connectivity index (χ1v) is 6.20. The van der Waals surface area contributed by atoms with Gasteiger partial charge in [0, 0.05) is 18.1 Å². The molecule has 2 heterocycles. The molecule has 1 aromatic carbocycles. The summed E-state index contributed by atoms with van der Waals surface area (Å²) in [5, 5.41) is 5.34. The summed E-state index contributed by atoms with van der Waals surface area (Å²) < 4.78 is 39.2. The lowest BCUT2D eigenvalue weighted by molar-refractivity contribution is -0.137. The van der Waals surface area contributed by atoms with Crippen molar-refractivity contribution in [3.8, 4) is 5.82 Å². The monoisotopic (exact) mass is 292 g/mol. The van der Waals surface area contributed by atoms with Crippen LogP contribution in [0.3, 0.4) is 0 Å². The van der Waals surface area contributed by atoms with Crippen molar-refractivity contribution in [2.24, 2.45) is 5.73 Å². The zero-order valence-corrected chi connectivity index (χ0v) is 10.8. The molecule has 0 bridgehead atoms. The molecule has 2 N–H and O–H groups in total. The second-order valence-corrected chi connectivity index (χ2v) is 4.53. The van der Waals surface area contributed by atoms with Gasteiger partial charge in [-0.1, -0.05) is 24.3 Å². The molecule has 108 valence electrons. The molecule has 0 atom stereocenters. The Kier molecular flexibility index (Phi) is 3.13. The summed E-state index contributed by atoms with van der Waals surface area (Å²) in [6, 6.07) is 9.09. The Bertz CT molecular complexity index is 792. The van der Waals surface area contributed by atoms with E-state index in [9.17, 15) is 13.2 Å². The van der Waals surface area contributed by atoms with Crippen LogP contribution in [0.5, 0.6) is 0 Å². The number of hydrogen-bond acceptors (Lipinski definition) is 3. The van der Waals surface area contributed by atoms with Crippen molar-refractivity contribution in [1.82, 2.24) is 14.8 Å². The molecule has 2 aromatic heterocycles. The number of rotatable bonds is 2. The van der Waals surface area contributed by atoms with Gasteiger partial charge in [0.25, 0.3) is 0 Å². The van der Waals surface area contributed by atoms with Gasteiger partial charge in [-0.25, -0.2) is 9.67 Å². The van der Waals surface area contributed by atoms with Gasteiger partial charge >= 0.3 is 6.18 Å². The van der Waals surface area contributed by atoms with E-state index in [1.807, 2.05) is 18.2 Å². The average molecular weight is 292 g/mol. The van der Waals surface area contributed by atoms with E-state index in [-0.39, 0.29) is 6.54 Å². The molecule has 0 spiro atoms. The van der Waals surface area contributed by atoms with Gasteiger partial charge in [0.15, 0.2) is 5.82 Å². The number of aromatic nitrogens is 3. The minimum absolute atomic E-state index is 0.200. The highest BCUT2D eigenvalue weighted by Crippen LogP contribution is 2.30. The van der Waals surface area contributed by atoms with E-state index in [4.69, 9.17) is 5.73 Å². The second kappa shape index (κ2) is 4.85. The molecule has 21 heavy (non-hydrogen) atoms. The van der Waals surface area contributed by atoms with Crippen molar-refractivity contribution in [3.05, 3.63) is 54.0 Å². The standard InChI is InChI=1S/C14H11F3N4/c15-14(16,17)10-7-19-21(8-10)13-12-4-2-1-3-9(12)5-11(6-18)20-13/h1-5,7-8H,6,18H2. The highest BCUT2D eigenvalue weighted by Gasteiger charge is 2.32. The summed E-state index contributed by atoms with van der Waals surface area (Å²) >= 11 is 0. The van der Waals surface area contributed by atoms with Crippen LogP contribution in [0.1, 0.15) is 11.3 Å². The second-order valence-electron chi connectivity index (χ2n) is 4.53. The van der Waals surface area contributed by atoms with Crippen LogP contribution in [0.15, 0.2) is 42.7 Å². The highest BCUT2D eigenvalue weighted by molar-refractivity contribution is 5.88. The minimum atomic E-state index is -4.43. The van der Waals surface area contributed by atoms with Crippen molar-refractivity contribution in [2.75, 3.05) is 0 Å². The molecule has 0 amide bonds. The Morgan fingerprint density at radius 1 is 1.19 bits per heavy atom. The first-order chi connectivity index (χ1) is 9.99.